The van der Waals surface area contributed by atoms with Crippen molar-refractivity contribution in [3.63, 3.8) is 0 Å². The number of nitrogens with zero attached hydrogens (tertiary/aromatic N) is 2. The molecule has 5 N–H and O–H groups in total. The normalized spacial score (nSPS) is 12.1. The maximum atomic E-state index is 10.6. The molecule has 31 heavy (non-hydrogen) atoms. The standard InChI is InChI=1S/C24H23ClN4O2/c1-2-16(26)13-27-23-17-5-3-4-6-20(17)28-24(29-23)19-11-14(7-9-22(19)31)18-12-15(25)8-10-21(18)30/h3-12,16,30-31H,2,13,26H2,1H3,(H,27,28,29)/t16-/m1/s1. The Hall–Kier alpha value is -3.35. The van der Waals surface area contributed by atoms with Gasteiger partial charge in [-0.25, -0.2) is 9.97 Å². The maximum Gasteiger partial charge on any atom is 0.165 e. The maximum absolute atomic E-state index is 10.6. The number of hydrogen-bond donors (Lipinski definition) is 4. The van der Waals surface area contributed by atoms with E-state index in [1.807, 2.05) is 31.2 Å². The van der Waals surface area contributed by atoms with Gasteiger partial charge in [0.2, 0.25) is 0 Å². The number of aromatic hydroxyl groups is 2. The van der Waals surface area contributed by atoms with Crippen LogP contribution in [-0.2, 0) is 0 Å². The number of para-hydroxylation sites is 1. The van der Waals surface area contributed by atoms with Crippen molar-refractivity contribution < 1.29 is 10.2 Å². The molecule has 4 rings (SSSR count). The number of anilines is 1. The van der Waals surface area contributed by atoms with E-state index in [9.17, 15) is 10.2 Å². The Balaban J connectivity index is 1.84. The van der Waals surface area contributed by atoms with Gasteiger partial charge in [-0.3, -0.25) is 0 Å². The molecular formula is C24H23ClN4O2. The Morgan fingerprint density at radius 2 is 1.71 bits per heavy atom. The SMILES string of the molecule is CC[C@@H](N)CNc1nc(-c2cc(-c3cc(Cl)ccc3O)ccc2O)nc2ccccc12. The number of fused-ring (bicyclic) bond motifs is 1. The zero-order chi connectivity index (χ0) is 22.0. The van der Waals surface area contributed by atoms with Crippen LogP contribution in [-0.4, -0.2) is 32.8 Å². The van der Waals surface area contributed by atoms with Crippen molar-refractivity contribution in [2.45, 2.75) is 19.4 Å². The van der Waals surface area contributed by atoms with Gasteiger partial charge in [0.15, 0.2) is 5.82 Å². The van der Waals surface area contributed by atoms with E-state index in [0.717, 1.165) is 17.3 Å². The van der Waals surface area contributed by atoms with Crippen LogP contribution in [0.3, 0.4) is 0 Å². The molecule has 0 spiro atoms. The van der Waals surface area contributed by atoms with Gasteiger partial charge in [-0.2, -0.15) is 0 Å². The summed E-state index contributed by atoms with van der Waals surface area (Å²) in [5.41, 5.74) is 8.51. The van der Waals surface area contributed by atoms with Gasteiger partial charge in [-0.1, -0.05) is 36.7 Å². The van der Waals surface area contributed by atoms with Gasteiger partial charge in [0.05, 0.1) is 11.1 Å². The van der Waals surface area contributed by atoms with Gasteiger partial charge in [0.1, 0.15) is 17.3 Å². The van der Waals surface area contributed by atoms with E-state index < -0.39 is 0 Å². The van der Waals surface area contributed by atoms with E-state index in [2.05, 4.69) is 15.3 Å². The number of hydrogen-bond acceptors (Lipinski definition) is 6. The molecule has 3 aromatic carbocycles. The van der Waals surface area contributed by atoms with Crippen molar-refractivity contribution >= 4 is 28.3 Å². The molecule has 158 valence electrons. The lowest BCUT2D eigenvalue weighted by Gasteiger charge is -2.15. The molecule has 1 atom stereocenters. The van der Waals surface area contributed by atoms with Crippen LogP contribution in [0.1, 0.15) is 13.3 Å². The molecule has 1 heterocycles. The summed E-state index contributed by atoms with van der Waals surface area (Å²) in [6, 6.07) is 17.5. The van der Waals surface area contributed by atoms with Crippen molar-refractivity contribution in [1.82, 2.24) is 9.97 Å². The van der Waals surface area contributed by atoms with Gasteiger partial charge in [-0.15, -0.1) is 0 Å². The molecule has 0 aliphatic carbocycles. The van der Waals surface area contributed by atoms with Crippen LogP contribution in [0.15, 0.2) is 60.7 Å². The Morgan fingerprint density at radius 3 is 2.52 bits per heavy atom. The van der Waals surface area contributed by atoms with Crippen LogP contribution in [0.2, 0.25) is 5.02 Å². The lowest BCUT2D eigenvalue weighted by molar-refractivity contribution is 0.475. The summed E-state index contributed by atoms with van der Waals surface area (Å²) in [5.74, 6) is 1.15. The van der Waals surface area contributed by atoms with Crippen LogP contribution < -0.4 is 11.1 Å². The first-order chi connectivity index (χ1) is 15.0. The molecule has 0 saturated carbocycles. The third kappa shape index (κ3) is 4.40. The largest absolute Gasteiger partial charge is 0.507 e. The van der Waals surface area contributed by atoms with Gasteiger partial charge < -0.3 is 21.3 Å². The summed E-state index contributed by atoms with van der Waals surface area (Å²) in [7, 11) is 0. The zero-order valence-electron chi connectivity index (χ0n) is 17.0. The number of rotatable bonds is 6. The second kappa shape index (κ2) is 8.79. The van der Waals surface area contributed by atoms with E-state index in [0.29, 0.717) is 39.9 Å². The monoisotopic (exact) mass is 434 g/mol. The minimum Gasteiger partial charge on any atom is -0.507 e. The highest BCUT2D eigenvalue weighted by atomic mass is 35.5. The summed E-state index contributed by atoms with van der Waals surface area (Å²) in [4.78, 5) is 9.34. The number of phenols is 2. The summed E-state index contributed by atoms with van der Waals surface area (Å²) < 4.78 is 0. The van der Waals surface area contributed by atoms with Gasteiger partial charge >= 0.3 is 0 Å². The molecule has 1 aromatic heterocycles. The van der Waals surface area contributed by atoms with Gasteiger partial charge in [0.25, 0.3) is 0 Å². The number of benzene rings is 3. The molecule has 4 aromatic rings. The van der Waals surface area contributed by atoms with E-state index >= 15 is 0 Å². The predicted octanol–water partition coefficient (Wildman–Crippen LogP) is 5.18. The summed E-state index contributed by atoms with van der Waals surface area (Å²) in [5, 5.41) is 25.5. The molecule has 0 aliphatic rings. The first kappa shape index (κ1) is 20.9. The van der Waals surface area contributed by atoms with Crippen LogP contribution in [0.25, 0.3) is 33.4 Å². The minimum absolute atomic E-state index is 0.000266. The number of phenolic OH excluding ortho intramolecular Hbond substituents is 2. The van der Waals surface area contributed by atoms with Crippen molar-refractivity contribution in [2.24, 2.45) is 5.73 Å². The highest BCUT2D eigenvalue weighted by Gasteiger charge is 2.15. The number of nitrogens with two attached hydrogens (primary N) is 1. The van der Waals surface area contributed by atoms with Gasteiger partial charge in [-0.05, 0) is 54.4 Å². The molecular weight excluding hydrogens is 412 g/mol. The Kier molecular flexibility index (Phi) is 5.93. The Morgan fingerprint density at radius 1 is 0.968 bits per heavy atom. The lowest BCUT2D eigenvalue weighted by Crippen LogP contribution is -2.28. The number of halogens is 1. The summed E-state index contributed by atoms with van der Waals surface area (Å²) >= 11 is 6.11. The van der Waals surface area contributed by atoms with E-state index in [-0.39, 0.29) is 17.5 Å². The van der Waals surface area contributed by atoms with Crippen molar-refractivity contribution in [3.8, 4) is 34.0 Å². The Labute approximate surface area is 185 Å². The first-order valence-electron chi connectivity index (χ1n) is 10.0. The second-order valence-corrected chi connectivity index (χ2v) is 7.79. The third-order valence-electron chi connectivity index (χ3n) is 5.17. The molecule has 0 unspecified atom stereocenters. The van der Waals surface area contributed by atoms with E-state index in [1.165, 1.54) is 6.07 Å². The average molecular weight is 435 g/mol. The predicted molar refractivity (Wildman–Crippen MR) is 126 cm³/mol. The quantitative estimate of drug-likeness (QED) is 0.333. The van der Waals surface area contributed by atoms with Crippen molar-refractivity contribution in [2.75, 3.05) is 11.9 Å². The molecule has 0 fully saturated rings. The fourth-order valence-electron chi connectivity index (χ4n) is 3.33. The van der Waals surface area contributed by atoms with Crippen molar-refractivity contribution in [3.05, 3.63) is 65.7 Å². The fourth-order valence-corrected chi connectivity index (χ4v) is 3.50. The molecule has 0 amide bonds. The first-order valence-corrected chi connectivity index (χ1v) is 10.4. The van der Waals surface area contributed by atoms with Crippen LogP contribution >= 0.6 is 11.6 Å². The average Bonchev–Trinajstić information content (AvgIpc) is 2.79. The molecule has 0 aliphatic heterocycles. The van der Waals surface area contributed by atoms with Crippen LogP contribution in [0, 0.1) is 0 Å². The number of nitrogens with one attached hydrogen (secondary N) is 1. The van der Waals surface area contributed by atoms with Gasteiger partial charge in [0, 0.05) is 28.6 Å². The van der Waals surface area contributed by atoms with Crippen LogP contribution in [0.5, 0.6) is 11.5 Å². The van der Waals surface area contributed by atoms with Crippen LogP contribution in [0.4, 0.5) is 5.82 Å². The second-order valence-electron chi connectivity index (χ2n) is 7.36. The molecule has 0 saturated heterocycles. The van der Waals surface area contributed by atoms with Crippen molar-refractivity contribution in [1.29, 1.82) is 0 Å². The summed E-state index contributed by atoms with van der Waals surface area (Å²) in [6.07, 6.45) is 0.842. The fraction of sp³-hybridized carbons (Fsp3) is 0.167. The Bertz CT molecular complexity index is 1250. The molecule has 7 heteroatoms. The van der Waals surface area contributed by atoms with E-state index in [1.54, 1.807) is 30.3 Å². The zero-order valence-corrected chi connectivity index (χ0v) is 17.8. The molecule has 0 bridgehead atoms. The third-order valence-corrected chi connectivity index (χ3v) is 5.40. The molecule has 6 nitrogen and oxygen atoms in total. The smallest absolute Gasteiger partial charge is 0.165 e. The summed E-state index contributed by atoms with van der Waals surface area (Å²) in [6.45, 7) is 2.60. The minimum atomic E-state index is -0.000266. The topological polar surface area (TPSA) is 104 Å². The molecule has 0 radical (unpaired) electrons. The van der Waals surface area contributed by atoms with E-state index in [4.69, 9.17) is 17.3 Å². The highest BCUT2D eigenvalue weighted by Crippen LogP contribution is 2.37. The number of aromatic nitrogens is 2. The lowest BCUT2D eigenvalue weighted by atomic mass is 10.0. The highest BCUT2D eigenvalue weighted by molar-refractivity contribution is 6.31.